The van der Waals surface area contributed by atoms with Gasteiger partial charge in [0, 0.05) is 12.8 Å². The summed E-state index contributed by atoms with van der Waals surface area (Å²) < 4.78 is 0. The van der Waals surface area contributed by atoms with Crippen LogP contribution in [0.3, 0.4) is 0 Å². The number of unbranched alkanes of at least 4 members (excludes halogenated alkanes) is 3. The van der Waals surface area contributed by atoms with E-state index in [-0.39, 0.29) is 0 Å². The minimum Gasteiger partial charge on any atom is -0.300 e. The molecule has 1 heteroatoms. The van der Waals surface area contributed by atoms with Gasteiger partial charge in [0.05, 0.1) is 0 Å². The normalized spacial score (nSPS) is 12.2. The number of rotatable bonds is 12. The van der Waals surface area contributed by atoms with E-state index in [1.807, 2.05) is 25.2 Å². The molecule has 1 unspecified atom stereocenters. The van der Waals surface area contributed by atoms with Crippen LogP contribution in [0.25, 0.3) is 0 Å². The first-order chi connectivity index (χ1) is 11.0. The number of allylic oxidation sites excluding steroid dienone is 5. The Kier molecular flexibility index (Phi) is 19.9. The van der Waals surface area contributed by atoms with Crippen LogP contribution in [0.2, 0.25) is 0 Å². The zero-order valence-electron chi connectivity index (χ0n) is 16.4. The highest BCUT2D eigenvalue weighted by molar-refractivity contribution is 5.78. The van der Waals surface area contributed by atoms with Gasteiger partial charge in [-0.1, -0.05) is 96.3 Å². The van der Waals surface area contributed by atoms with Crippen LogP contribution in [0.15, 0.2) is 36.5 Å². The highest BCUT2D eigenvalue weighted by Gasteiger charge is 2.06. The molecule has 1 atom stereocenters. The molecule has 23 heavy (non-hydrogen) atoms. The van der Waals surface area contributed by atoms with Crippen LogP contribution in [0.5, 0.6) is 0 Å². The highest BCUT2D eigenvalue weighted by atomic mass is 16.1. The summed E-state index contributed by atoms with van der Waals surface area (Å²) in [6, 6.07) is 0. The van der Waals surface area contributed by atoms with Gasteiger partial charge in [-0.25, -0.2) is 0 Å². The molecule has 0 aromatic carbocycles. The van der Waals surface area contributed by atoms with Gasteiger partial charge in [-0.2, -0.15) is 0 Å². The van der Waals surface area contributed by atoms with Crippen LogP contribution in [0.4, 0.5) is 0 Å². The molecule has 0 aliphatic rings. The summed E-state index contributed by atoms with van der Waals surface area (Å²) in [5.74, 6) is 1.05. The lowest BCUT2D eigenvalue weighted by molar-refractivity contribution is -0.120. The van der Waals surface area contributed by atoms with E-state index in [0.717, 1.165) is 32.1 Å². The van der Waals surface area contributed by atoms with Crippen LogP contribution in [0.1, 0.15) is 92.4 Å². The summed E-state index contributed by atoms with van der Waals surface area (Å²) in [5, 5.41) is 0. The third-order valence-corrected chi connectivity index (χ3v) is 3.79. The molecular weight excluding hydrogens is 280 g/mol. The fourth-order valence-corrected chi connectivity index (χ4v) is 2.09. The third kappa shape index (κ3) is 20.9. The van der Waals surface area contributed by atoms with Gasteiger partial charge in [0.25, 0.3) is 0 Å². The minimum absolute atomic E-state index is 0.463. The molecule has 0 amide bonds. The van der Waals surface area contributed by atoms with Gasteiger partial charge in [-0.15, -0.1) is 0 Å². The SMILES string of the molecule is C=C(/C=C\C=C/C)CCC.CCCCCCC(=O)CC(C)CC. The predicted octanol–water partition coefficient (Wildman–Crippen LogP) is 7.44. The zero-order chi connectivity index (χ0) is 17.9. The van der Waals surface area contributed by atoms with Crippen LogP contribution in [-0.2, 0) is 4.79 Å². The van der Waals surface area contributed by atoms with Crippen molar-refractivity contribution >= 4 is 5.78 Å². The van der Waals surface area contributed by atoms with Crippen molar-refractivity contribution in [3.63, 3.8) is 0 Å². The number of hydrogen-bond acceptors (Lipinski definition) is 1. The average Bonchev–Trinajstić information content (AvgIpc) is 2.52. The lowest BCUT2D eigenvalue weighted by atomic mass is 9.99. The summed E-state index contributed by atoms with van der Waals surface area (Å²) in [4.78, 5) is 11.4. The van der Waals surface area contributed by atoms with Crippen molar-refractivity contribution in [2.45, 2.75) is 92.4 Å². The molecule has 0 spiro atoms. The van der Waals surface area contributed by atoms with Crippen LogP contribution in [0, 0.1) is 5.92 Å². The van der Waals surface area contributed by atoms with Crippen molar-refractivity contribution in [1.29, 1.82) is 0 Å². The lowest BCUT2D eigenvalue weighted by Gasteiger charge is -2.06. The largest absolute Gasteiger partial charge is 0.300 e. The summed E-state index contributed by atoms with van der Waals surface area (Å²) >= 11 is 0. The molecule has 134 valence electrons. The number of carbonyl (C=O) groups is 1. The fraction of sp³-hybridized carbons (Fsp3) is 0.682. The first-order valence-corrected chi connectivity index (χ1v) is 9.50. The number of carbonyl (C=O) groups excluding carboxylic acids is 1. The maximum atomic E-state index is 11.4. The third-order valence-electron chi connectivity index (χ3n) is 3.79. The Morgan fingerprint density at radius 2 is 1.70 bits per heavy atom. The maximum absolute atomic E-state index is 11.4. The quantitative estimate of drug-likeness (QED) is 0.270. The highest BCUT2D eigenvalue weighted by Crippen LogP contribution is 2.11. The Bertz CT molecular complexity index is 336. The smallest absolute Gasteiger partial charge is 0.133 e. The van der Waals surface area contributed by atoms with Gasteiger partial charge in [0.15, 0.2) is 0 Å². The summed E-state index contributed by atoms with van der Waals surface area (Å²) in [6.07, 6.45) is 18.0. The minimum atomic E-state index is 0.463. The molecule has 0 heterocycles. The van der Waals surface area contributed by atoms with Crippen molar-refractivity contribution in [3.8, 4) is 0 Å². The standard InChI is InChI=1S/C12H24O.C10H16/c1-4-6-7-8-9-12(13)10-11(3)5-2;1-4-6-7-9-10(3)8-5-2/h11H,4-10H2,1-3H3;4,6-7,9H,3,5,8H2,1-2H3/b;6-4-,9-7-. The first-order valence-electron chi connectivity index (χ1n) is 9.50. The van der Waals surface area contributed by atoms with E-state index >= 15 is 0 Å². The summed E-state index contributed by atoms with van der Waals surface area (Å²) in [7, 11) is 0. The van der Waals surface area contributed by atoms with Gasteiger partial charge in [-0.3, -0.25) is 4.79 Å². The Balaban J connectivity index is 0. The number of Topliss-reactive ketones (excluding diaryl/α,β-unsaturated/α-hetero) is 1. The van der Waals surface area contributed by atoms with Crippen LogP contribution < -0.4 is 0 Å². The van der Waals surface area contributed by atoms with E-state index in [0.29, 0.717) is 11.7 Å². The molecule has 0 saturated carbocycles. The molecule has 0 aromatic rings. The molecule has 0 fully saturated rings. The second-order valence-electron chi connectivity index (χ2n) is 6.36. The molecule has 1 nitrogen and oxygen atoms in total. The Labute approximate surface area is 146 Å². The van der Waals surface area contributed by atoms with E-state index in [1.54, 1.807) is 0 Å². The Morgan fingerprint density at radius 1 is 1.00 bits per heavy atom. The second kappa shape index (κ2) is 18.9. The van der Waals surface area contributed by atoms with Crippen molar-refractivity contribution in [2.75, 3.05) is 0 Å². The fourth-order valence-electron chi connectivity index (χ4n) is 2.09. The molecule has 0 bridgehead atoms. The monoisotopic (exact) mass is 320 g/mol. The molecule has 0 rings (SSSR count). The van der Waals surface area contributed by atoms with Gasteiger partial charge in [0.2, 0.25) is 0 Å². The second-order valence-corrected chi connectivity index (χ2v) is 6.36. The van der Waals surface area contributed by atoms with Crippen LogP contribution in [-0.4, -0.2) is 5.78 Å². The molecule has 0 aliphatic carbocycles. The van der Waals surface area contributed by atoms with E-state index in [1.165, 1.54) is 31.3 Å². The summed E-state index contributed by atoms with van der Waals surface area (Å²) in [5.41, 5.74) is 1.21. The number of hydrogen-bond donors (Lipinski definition) is 0. The molecule has 0 aromatic heterocycles. The van der Waals surface area contributed by atoms with E-state index in [2.05, 4.69) is 40.3 Å². The average molecular weight is 321 g/mol. The van der Waals surface area contributed by atoms with E-state index in [9.17, 15) is 4.79 Å². The van der Waals surface area contributed by atoms with Gasteiger partial charge in [0.1, 0.15) is 5.78 Å². The molecule has 0 aliphatic heterocycles. The van der Waals surface area contributed by atoms with Crippen molar-refractivity contribution in [2.24, 2.45) is 5.92 Å². The van der Waals surface area contributed by atoms with E-state index < -0.39 is 0 Å². The van der Waals surface area contributed by atoms with Crippen LogP contribution >= 0.6 is 0 Å². The zero-order valence-corrected chi connectivity index (χ0v) is 16.4. The van der Waals surface area contributed by atoms with E-state index in [4.69, 9.17) is 0 Å². The van der Waals surface area contributed by atoms with Gasteiger partial charge >= 0.3 is 0 Å². The Morgan fingerprint density at radius 3 is 2.22 bits per heavy atom. The van der Waals surface area contributed by atoms with Crippen molar-refractivity contribution < 1.29 is 4.79 Å². The molecular formula is C22H40O. The summed E-state index contributed by atoms with van der Waals surface area (Å²) in [6.45, 7) is 14.6. The molecule has 0 N–H and O–H groups in total. The number of ketones is 1. The van der Waals surface area contributed by atoms with Crippen molar-refractivity contribution in [1.82, 2.24) is 0 Å². The molecule has 0 radical (unpaired) electrons. The van der Waals surface area contributed by atoms with Gasteiger partial charge < -0.3 is 0 Å². The lowest BCUT2D eigenvalue weighted by Crippen LogP contribution is -2.04. The Hall–Kier alpha value is -1.11. The van der Waals surface area contributed by atoms with Crippen molar-refractivity contribution in [3.05, 3.63) is 36.5 Å². The molecule has 0 saturated heterocycles. The topological polar surface area (TPSA) is 17.1 Å². The maximum Gasteiger partial charge on any atom is 0.133 e. The predicted molar refractivity (Wildman–Crippen MR) is 106 cm³/mol. The first kappa shape index (κ1) is 24.1. The van der Waals surface area contributed by atoms with Gasteiger partial charge in [-0.05, 0) is 25.7 Å².